The van der Waals surface area contributed by atoms with E-state index >= 15 is 0 Å². The van der Waals surface area contributed by atoms with Crippen molar-refractivity contribution in [3.05, 3.63) is 88.2 Å². The van der Waals surface area contributed by atoms with E-state index in [-0.39, 0.29) is 0 Å². The summed E-state index contributed by atoms with van der Waals surface area (Å²) in [4.78, 5) is 9.70. The Hall–Kier alpha value is -2.27. The van der Waals surface area contributed by atoms with Gasteiger partial charge in [-0.25, -0.2) is 9.97 Å². The van der Waals surface area contributed by atoms with Crippen molar-refractivity contribution in [3.63, 3.8) is 0 Å². The smallest absolute Gasteiger partial charge is 0.160 e. The fraction of sp³-hybridized carbons (Fsp3) is 0.0909. The first-order chi connectivity index (χ1) is 12.3. The molecule has 0 saturated heterocycles. The summed E-state index contributed by atoms with van der Waals surface area (Å²) in [6, 6.07) is 20.7. The van der Waals surface area contributed by atoms with E-state index in [0.29, 0.717) is 0 Å². The Balaban J connectivity index is 1.89. The Labute approximate surface area is 161 Å². The highest BCUT2D eigenvalue weighted by Crippen LogP contribution is 2.28. The van der Waals surface area contributed by atoms with Gasteiger partial charge in [0.25, 0.3) is 0 Å². The first-order valence-corrected chi connectivity index (χ1v) is 9.45. The summed E-state index contributed by atoms with van der Waals surface area (Å²) in [7, 11) is 0. The number of hydrogen-bond donors (Lipinski definition) is 0. The maximum atomic E-state index is 4.86. The molecule has 3 aromatic rings. The van der Waals surface area contributed by atoms with Gasteiger partial charge < -0.3 is 0 Å². The van der Waals surface area contributed by atoms with Crippen molar-refractivity contribution < 1.29 is 0 Å². The van der Waals surface area contributed by atoms with Crippen LogP contribution in [0.25, 0.3) is 28.2 Å². The zero-order valence-corrected chi connectivity index (χ0v) is 15.8. The molecule has 0 spiro atoms. The van der Waals surface area contributed by atoms with Gasteiger partial charge in [0.15, 0.2) is 5.82 Å². The number of halogens is 1. The van der Waals surface area contributed by atoms with Crippen molar-refractivity contribution in [3.8, 4) is 22.6 Å². The number of allylic oxidation sites excluding steroid dienone is 4. The predicted octanol–water partition coefficient (Wildman–Crippen LogP) is 6.15. The zero-order chi connectivity index (χ0) is 17.1. The third kappa shape index (κ3) is 3.71. The Morgan fingerprint density at radius 2 is 1.56 bits per heavy atom. The van der Waals surface area contributed by atoms with Crippen molar-refractivity contribution >= 4 is 28.2 Å². The van der Waals surface area contributed by atoms with E-state index in [1.54, 1.807) is 0 Å². The number of rotatable bonds is 3. The maximum Gasteiger partial charge on any atom is 0.160 e. The molecular weight excluding hydrogens is 419 g/mol. The van der Waals surface area contributed by atoms with Crippen LogP contribution in [0.2, 0.25) is 0 Å². The Bertz CT molecular complexity index is 959. The van der Waals surface area contributed by atoms with Gasteiger partial charge in [0.2, 0.25) is 0 Å². The molecule has 0 amide bonds. The highest BCUT2D eigenvalue weighted by Gasteiger charge is 2.11. The summed E-state index contributed by atoms with van der Waals surface area (Å²) < 4.78 is 1.18. The highest BCUT2D eigenvalue weighted by atomic mass is 127. The van der Waals surface area contributed by atoms with Gasteiger partial charge in [0.05, 0.1) is 11.4 Å². The minimum atomic E-state index is 0.773. The van der Waals surface area contributed by atoms with Crippen LogP contribution in [0.4, 0.5) is 0 Å². The fourth-order valence-corrected chi connectivity index (χ4v) is 3.46. The molecule has 0 aliphatic heterocycles. The average molecular weight is 436 g/mol. The van der Waals surface area contributed by atoms with Crippen molar-refractivity contribution in [1.82, 2.24) is 9.97 Å². The first kappa shape index (κ1) is 16.2. The zero-order valence-electron chi connectivity index (χ0n) is 13.7. The van der Waals surface area contributed by atoms with E-state index in [2.05, 4.69) is 83.3 Å². The van der Waals surface area contributed by atoms with Gasteiger partial charge in [0.1, 0.15) is 0 Å². The Morgan fingerprint density at radius 3 is 2.32 bits per heavy atom. The molecule has 2 nitrogen and oxygen atoms in total. The summed E-state index contributed by atoms with van der Waals surface area (Å²) in [5, 5.41) is 0. The largest absolute Gasteiger partial charge is 0.228 e. The molecule has 4 rings (SSSR count). The lowest BCUT2D eigenvalue weighted by atomic mass is 10.0. The summed E-state index contributed by atoms with van der Waals surface area (Å²) in [5.41, 5.74) is 5.28. The fourth-order valence-electron chi connectivity index (χ4n) is 2.91. The first-order valence-electron chi connectivity index (χ1n) is 8.37. The van der Waals surface area contributed by atoms with Crippen LogP contribution in [0, 0.1) is 3.57 Å². The lowest BCUT2D eigenvalue weighted by Crippen LogP contribution is -1.98. The average Bonchev–Trinajstić information content (AvgIpc) is 2.69. The molecule has 0 unspecified atom stereocenters. The number of hydrogen-bond acceptors (Lipinski definition) is 2. The second-order valence-electron chi connectivity index (χ2n) is 5.98. The van der Waals surface area contributed by atoms with E-state index in [9.17, 15) is 0 Å². The molecule has 2 aromatic carbocycles. The number of benzene rings is 2. The molecule has 0 radical (unpaired) electrons. The molecule has 1 aliphatic rings. The van der Waals surface area contributed by atoms with E-state index < -0.39 is 0 Å². The molecule has 3 heteroatoms. The molecular formula is C22H17IN2. The predicted molar refractivity (Wildman–Crippen MR) is 112 cm³/mol. The monoisotopic (exact) mass is 436 g/mol. The second-order valence-corrected chi connectivity index (χ2v) is 7.22. The van der Waals surface area contributed by atoms with E-state index in [1.165, 1.54) is 9.14 Å². The summed E-state index contributed by atoms with van der Waals surface area (Å²) in [6.07, 6.45) is 8.80. The highest BCUT2D eigenvalue weighted by molar-refractivity contribution is 14.1. The summed E-state index contributed by atoms with van der Waals surface area (Å²) >= 11 is 2.33. The van der Waals surface area contributed by atoms with Crippen LogP contribution in [0.3, 0.4) is 0 Å². The molecule has 0 bridgehead atoms. The number of nitrogens with zero attached hydrogens (tertiary/aromatic N) is 2. The molecule has 1 aliphatic carbocycles. The van der Waals surface area contributed by atoms with Crippen LogP contribution in [0.15, 0.2) is 78.9 Å². The van der Waals surface area contributed by atoms with Crippen LogP contribution >= 0.6 is 22.6 Å². The summed E-state index contributed by atoms with van der Waals surface area (Å²) in [6.45, 7) is 0. The minimum absolute atomic E-state index is 0.773. The molecule has 1 heterocycles. The second kappa shape index (κ2) is 7.31. The Morgan fingerprint density at radius 1 is 0.760 bits per heavy atom. The van der Waals surface area contributed by atoms with Crippen molar-refractivity contribution in [2.45, 2.75) is 12.8 Å². The van der Waals surface area contributed by atoms with E-state index in [1.807, 2.05) is 18.2 Å². The van der Waals surface area contributed by atoms with Crippen LogP contribution in [0.5, 0.6) is 0 Å². The molecule has 0 saturated carbocycles. The quantitative estimate of drug-likeness (QED) is 0.461. The molecule has 0 N–H and O–H groups in total. The van der Waals surface area contributed by atoms with E-state index in [4.69, 9.17) is 9.97 Å². The van der Waals surface area contributed by atoms with Crippen molar-refractivity contribution in [2.24, 2.45) is 0 Å². The van der Waals surface area contributed by atoms with Gasteiger partial charge in [-0.15, -0.1) is 0 Å². The van der Waals surface area contributed by atoms with Gasteiger partial charge in [-0.05, 0) is 59.2 Å². The van der Waals surface area contributed by atoms with Gasteiger partial charge >= 0.3 is 0 Å². The standard InChI is InChI=1S/C22H17IN2/c23-19-13-7-12-18(14-19)22-24-20(16-8-3-1-4-9-16)15-21(25-22)17-10-5-2-6-11-17/h1,3-5,7-15H,2,6H2. The van der Waals surface area contributed by atoms with Crippen LogP contribution < -0.4 is 0 Å². The van der Waals surface area contributed by atoms with Crippen LogP contribution in [-0.4, -0.2) is 9.97 Å². The molecule has 25 heavy (non-hydrogen) atoms. The summed E-state index contributed by atoms with van der Waals surface area (Å²) in [5.74, 6) is 0.773. The lowest BCUT2D eigenvalue weighted by molar-refractivity contribution is 1.03. The van der Waals surface area contributed by atoms with Crippen LogP contribution in [0.1, 0.15) is 18.5 Å². The third-order valence-corrected chi connectivity index (χ3v) is 4.84. The molecule has 0 fully saturated rings. The number of aromatic nitrogens is 2. The normalized spacial score (nSPS) is 13.6. The molecule has 0 atom stereocenters. The van der Waals surface area contributed by atoms with Crippen LogP contribution in [-0.2, 0) is 0 Å². The van der Waals surface area contributed by atoms with Crippen molar-refractivity contribution in [2.75, 3.05) is 0 Å². The molecule has 122 valence electrons. The van der Waals surface area contributed by atoms with Gasteiger partial charge in [-0.1, -0.05) is 60.7 Å². The molecule has 1 aromatic heterocycles. The maximum absolute atomic E-state index is 4.86. The topological polar surface area (TPSA) is 25.8 Å². The van der Waals surface area contributed by atoms with E-state index in [0.717, 1.165) is 41.2 Å². The van der Waals surface area contributed by atoms with Gasteiger partial charge in [-0.2, -0.15) is 0 Å². The lowest BCUT2D eigenvalue weighted by Gasteiger charge is -2.11. The van der Waals surface area contributed by atoms with Gasteiger partial charge in [-0.3, -0.25) is 0 Å². The minimum Gasteiger partial charge on any atom is -0.228 e. The van der Waals surface area contributed by atoms with Crippen molar-refractivity contribution in [1.29, 1.82) is 0 Å². The third-order valence-electron chi connectivity index (χ3n) is 4.17. The Kier molecular flexibility index (Phi) is 4.74. The van der Waals surface area contributed by atoms with Gasteiger partial charge in [0, 0.05) is 14.7 Å². The SMILES string of the molecule is Ic1cccc(-c2nc(C3=CCCC=C3)cc(-c3ccccc3)n2)c1.